The van der Waals surface area contributed by atoms with Gasteiger partial charge >= 0.3 is 0 Å². The molecule has 0 atom stereocenters. The van der Waals surface area contributed by atoms with Gasteiger partial charge in [0.25, 0.3) is 0 Å². The Morgan fingerprint density at radius 2 is 1.09 bits per heavy atom. The fraction of sp³-hybridized carbons (Fsp3) is 0.0545. The molecule has 0 saturated carbocycles. The summed E-state index contributed by atoms with van der Waals surface area (Å²) in [5.74, 6) is 0. The average molecular weight is 760 g/mol. The van der Waals surface area contributed by atoms with Crippen LogP contribution in [0.4, 0.5) is 17.1 Å². The summed E-state index contributed by atoms with van der Waals surface area (Å²) in [6, 6.07) is 69.0. The molecule has 0 unspecified atom stereocenters. The predicted molar refractivity (Wildman–Crippen MR) is 247 cm³/mol. The van der Waals surface area contributed by atoms with Gasteiger partial charge in [0, 0.05) is 53.2 Å². The number of fused-ring (bicyclic) bond motifs is 10. The zero-order valence-corrected chi connectivity index (χ0v) is 33.0. The van der Waals surface area contributed by atoms with Crippen LogP contribution in [0.2, 0.25) is 0 Å². The second kappa shape index (κ2) is 12.5. The van der Waals surface area contributed by atoms with Crippen LogP contribution in [-0.2, 0) is 5.41 Å². The molecule has 2 nitrogen and oxygen atoms in total. The molecular formula is C55H37NOS. The van der Waals surface area contributed by atoms with Gasteiger partial charge in [-0.2, -0.15) is 0 Å². The van der Waals surface area contributed by atoms with Crippen molar-refractivity contribution in [1.29, 1.82) is 0 Å². The highest BCUT2D eigenvalue weighted by Gasteiger charge is 2.38. The van der Waals surface area contributed by atoms with Crippen molar-refractivity contribution in [3.63, 3.8) is 0 Å². The highest BCUT2D eigenvalue weighted by atomic mass is 32.1. The fourth-order valence-electron chi connectivity index (χ4n) is 9.64. The summed E-state index contributed by atoms with van der Waals surface area (Å²) in [6.45, 7) is 4.72. The molecule has 2 aromatic heterocycles. The van der Waals surface area contributed by atoms with Crippen molar-refractivity contribution >= 4 is 81.3 Å². The van der Waals surface area contributed by atoms with Gasteiger partial charge in [0.1, 0.15) is 11.2 Å². The van der Waals surface area contributed by atoms with Gasteiger partial charge in [-0.3, -0.25) is 0 Å². The molecule has 1 aliphatic rings. The normalized spacial score (nSPS) is 13.1. The summed E-state index contributed by atoms with van der Waals surface area (Å²) in [6.07, 6.45) is 0. The van der Waals surface area contributed by atoms with Crippen LogP contribution in [0.3, 0.4) is 0 Å². The molecular weight excluding hydrogens is 723 g/mol. The molecule has 0 saturated heterocycles. The molecule has 12 rings (SSSR count). The van der Waals surface area contributed by atoms with E-state index in [0.717, 1.165) is 44.4 Å². The molecule has 3 heteroatoms. The lowest BCUT2D eigenvalue weighted by atomic mass is 9.82. The molecule has 9 aromatic carbocycles. The van der Waals surface area contributed by atoms with Gasteiger partial charge in [-0.25, -0.2) is 0 Å². The van der Waals surface area contributed by atoms with Crippen LogP contribution in [0.1, 0.15) is 25.0 Å². The largest absolute Gasteiger partial charge is 0.456 e. The van der Waals surface area contributed by atoms with E-state index in [1.807, 2.05) is 11.3 Å². The lowest BCUT2D eigenvalue weighted by Crippen LogP contribution is -2.16. The van der Waals surface area contributed by atoms with E-state index < -0.39 is 0 Å². The summed E-state index contributed by atoms with van der Waals surface area (Å²) < 4.78 is 9.10. The number of benzene rings is 9. The van der Waals surface area contributed by atoms with Gasteiger partial charge in [0.05, 0.1) is 11.4 Å². The minimum Gasteiger partial charge on any atom is -0.456 e. The number of hydrogen-bond acceptors (Lipinski definition) is 3. The lowest BCUT2D eigenvalue weighted by Gasteiger charge is -2.30. The van der Waals surface area contributed by atoms with Crippen molar-refractivity contribution in [3.05, 3.63) is 199 Å². The Hall–Kier alpha value is -6.94. The third-order valence-electron chi connectivity index (χ3n) is 12.5. The number of para-hydroxylation sites is 1. The van der Waals surface area contributed by atoms with Gasteiger partial charge in [-0.15, -0.1) is 11.3 Å². The van der Waals surface area contributed by atoms with E-state index in [-0.39, 0.29) is 5.41 Å². The molecule has 1 aliphatic carbocycles. The molecule has 11 aromatic rings. The Morgan fingerprint density at radius 3 is 1.97 bits per heavy atom. The highest BCUT2D eigenvalue weighted by molar-refractivity contribution is 7.26. The van der Waals surface area contributed by atoms with Crippen molar-refractivity contribution in [3.8, 4) is 33.4 Å². The summed E-state index contributed by atoms with van der Waals surface area (Å²) in [4.78, 5) is 2.49. The van der Waals surface area contributed by atoms with Crippen LogP contribution in [0.5, 0.6) is 0 Å². The van der Waals surface area contributed by atoms with E-state index in [0.29, 0.717) is 0 Å². The first-order valence-electron chi connectivity index (χ1n) is 20.0. The quantitative estimate of drug-likeness (QED) is 0.174. The number of hydrogen-bond donors (Lipinski definition) is 0. The Labute approximate surface area is 340 Å². The van der Waals surface area contributed by atoms with E-state index >= 15 is 0 Å². The smallest absolute Gasteiger partial charge is 0.136 e. The van der Waals surface area contributed by atoms with Crippen LogP contribution < -0.4 is 4.90 Å². The first-order chi connectivity index (χ1) is 28.5. The second-order valence-corrected chi connectivity index (χ2v) is 17.1. The highest BCUT2D eigenvalue weighted by Crippen LogP contribution is 2.55. The van der Waals surface area contributed by atoms with Gasteiger partial charge in [0.2, 0.25) is 0 Å². The zero-order valence-electron chi connectivity index (χ0n) is 32.2. The molecule has 0 spiro atoms. The van der Waals surface area contributed by atoms with E-state index in [1.54, 1.807) is 0 Å². The van der Waals surface area contributed by atoms with Crippen LogP contribution in [-0.4, -0.2) is 0 Å². The second-order valence-electron chi connectivity index (χ2n) is 16.1. The maximum absolute atomic E-state index is 6.45. The van der Waals surface area contributed by atoms with E-state index in [2.05, 4.69) is 207 Å². The van der Waals surface area contributed by atoms with E-state index in [9.17, 15) is 0 Å². The maximum Gasteiger partial charge on any atom is 0.136 e. The summed E-state index contributed by atoms with van der Waals surface area (Å²) >= 11 is 1.88. The molecule has 0 N–H and O–H groups in total. The third kappa shape index (κ3) is 4.90. The molecule has 58 heavy (non-hydrogen) atoms. The van der Waals surface area contributed by atoms with E-state index in [4.69, 9.17) is 4.42 Å². The summed E-state index contributed by atoms with van der Waals surface area (Å²) in [5, 5.41) is 7.28. The van der Waals surface area contributed by atoms with Gasteiger partial charge in [-0.1, -0.05) is 147 Å². The minimum atomic E-state index is -0.128. The van der Waals surface area contributed by atoms with Crippen LogP contribution >= 0.6 is 11.3 Å². The van der Waals surface area contributed by atoms with Crippen LogP contribution in [0.15, 0.2) is 192 Å². The van der Waals surface area contributed by atoms with Gasteiger partial charge in [-0.05, 0) is 98.8 Å². The molecule has 0 amide bonds. The standard InChI is InChI=1S/C55H37NOS/c1-55(2)46-20-8-5-17-43(46)53-47(55)21-12-23-49(53)56(38-28-25-34(26-29-38)40-18-11-19-42-41-16-7-10-24-52(41)58-54(40)42)48-22-9-6-15-39(48)37-27-30-50-44(32-37)45-31-35-13-3-4-14-36(35)33-51(45)57-50/h3-33H,1-2H3. The number of anilines is 3. The van der Waals surface area contributed by atoms with Crippen molar-refractivity contribution in [1.82, 2.24) is 0 Å². The minimum absolute atomic E-state index is 0.128. The number of nitrogens with zero attached hydrogens (tertiary/aromatic N) is 1. The molecule has 274 valence electrons. The Kier molecular flexibility index (Phi) is 7.18. The predicted octanol–water partition coefficient (Wildman–Crippen LogP) is 16.2. The fourth-order valence-corrected chi connectivity index (χ4v) is 10.9. The SMILES string of the molecule is CC1(C)c2ccccc2-c2c(N(c3ccc(-c4cccc5c4sc4ccccc45)cc3)c3ccccc3-c3ccc4oc5cc6ccccc6cc5c4c3)cccc21. The van der Waals surface area contributed by atoms with Gasteiger partial charge < -0.3 is 9.32 Å². The Balaban J connectivity index is 1.07. The summed E-state index contributed by atoms with van der Waals surface area (Å²) in [7, 11) is 0. The van der Waals surface area contributed by atoms with Crippen molar-refractivity contribution in [2.24, 2.45) is 0 Å². The van der Waals surface area contributed by atoms with Crippen molar-refractivity contribution < 1.29 is 4.42 Å². The molecule has 2 heterocycles. The molecule has 0 bridgehead atoms. The maximum atomic E-state index is 6.45. The zero-order chi connectivity index (χ0) is 38.5. The number of thiophene rings is 1. The Morgan fingerprint density at radius 1 is 0.448 bits per heavy atom. The van der Waals surface area contributed by atoms with Gasteiger partial charge in [0.15, 0.2) is 0 Å². The van der Waals surface area contributed by atoms with Crippen molar-refractivity contribution in [2.75, 3.05) is 4.90 Å². The summed E-state index contributed by atoms with van der Waals surface area (Å²) in [5.41, 5.74) is 15.2. The first kappa shape index (κ1) is 33.2. The topological polar surface area (TPSA) is 16.4 Å². The van der Waals surface area contributed by atoms with Crippen LogP contribution in [0.25, 0.3) is 86.3 Å². The lowest BCUT2D eigenvalue weighted by molar-refractivity contribution is 0.660. The molecule has 0 fully saturated rings. The Bertz CT molecular complexity index is 3440. The van der Waals surface area contributed by atoms with Crippen molar-refractivity contribution in [2.45, 2.75) is 19.3 Å². The average Bonchev–Trinajstić information content (AvgIpc) is 3.90. The first-order valence-corrected chi connectivity index (χ1v) is 20.8. The monoisotopic (exact) mass is 759 g/mol. The number of rotatable bonds is 5. The third-order valence-corrected chi connectivity index (χ3v) is 13.7. The van der Waals surface area contributed by atoms with Crippen LogP contribution in [0, 0.1) is 0 Å². The molecule has 0 radical (unpaired) electrons. The number of furan rings is 1. The molecule has 0 aliphatic heterocycles. The van der Waals surface area contributed by atoms with E-state index in [1.165, 1.54) is 70.0 Å².